The molecule has 2 unspecified atom stereocenters. The largest absolute Gasteiger partial charge is 0.509 e. The molecule has 87 valence electrons. The van der Waals surface area contributed by atoms with Gasteiger partial charge in [-0.25, -0.2) is 0 Å². The van der Waals surface area contributed by atoms with Crippen LogP contribution in [0.4, 0.5) is 0 Å². The summed E-state index contributed by atoms with van der Waals surface area (Å²) >= 11 is 0. The summed E-state index contributed by atoms with van der Waals surface area (Å²) in [6, 6.07) is 0. The normalized spacial score (nSPS) is 15.6. The minimum absolute atomic E-state index is 0. The summed E-state index contributed by atoms with van der Waals surface area (Å²) in [7, 11) is 2.89. The van der Waals surface area contributed by atoms with Crippen molar-refractivity contribution in [3.63, 3.8) is 0 Å². The second kappa shape index (κ2) is 8.00. The van der Waals surface area contributed by atoms with Gasteiger partial charge in [0.1, 0.15) is 18.0 Å². The van der Waals surface area contributed by atoms with Gasteiger partial charge < -0.3 is 14.6 Å². The van der Waals surface area contributed by atoms with E-state index in [0.717, 1.165) is 6.08 Å². The summed E-state index contributed by atoms with van der Waals surface area (Å²) in [5.74, 6) is -0.361. The van der Waals surface area contributed by atoms with E-state index >= 15 is 0 Å². The number of carbonyl (C=O) groups is 1. The van der Waals surface area contributed by atoms with E-state index in [1.165, 1.54) is 14.2 Å². The molecule has 4 nitrogen and oxygen atoms in total. The number of methoxy groups -OCH3 is 2. The van der Waals surface area contributed by atoms with Crippen LogP contribution in [0.25, 0.3) is 0 Å². The summed E-state index contributed by atoms with van der Waals surface area (Å²) < 4.78 is 9.60. The molecule has 1 N–H and O–H groups in total. The number of rotatable bonds is 5. The number of ether oxygens (including phenoxy) is 2. The van der Waals surface area contributed by atoms with E-state index in [0.29, 0.717) is 0 Å². The Morgan fingerprint density at radius 2 is 1.64 bits per heavy atom. The molecule has 5 heteroatoms. The van der Waals surface area contributed by atoms with Crippen molar-refractivity contribution in [3.8, 4) is 0 Å². The Bertz CT molecular complexity index is 203. The fraction of sp³-hybridized carbons (Fsp3) is 0.667. The van der Waals surface area contributed by atoms with Gasteiger partial charge in [-0.3, -0.25) is 4.79 Å². The van der Waals surface area contributed by atoms with Gasteiger partial charge in [0.15, 0.2) is 5.78 Å². The predicted molar refractivity (Wildman–Crippen MR) is 48.7 cm³/mol. The molecule has 0 aromatic rings. The third kappa shape index (κ3) is 5.39. The maximum atomic E-state index is 11.2. The molecule has 0 aromatic heterocycles. The average Bonchev–Trinajstić information content (AvgIpc) is 2.14. The third-order valence-electron chi connectivity index (χ3n) is 1.81. The first kappa shape index (κ1) is 16.1. The van der Waals surface area contributed by atoms with Gasteiger partial charge in [0.25, 0.3) is 0 Å². The van der Waals surface area contributed by atoms with Crippen molar-refractivity contribution in [2.45, 2.75) is 26.1 Å². The van der Waals surface area contributed by atoms with Gasteiger partial charge in [0.2, 0.25) is 0 Å². The molecule has 0 aliphatic heterocycles. The second-order valence-corrected chi connectivity index (χ2v) is 2.73. The molecule has 0 aromatic carbocycles. The van der Waals surface area contributed by atoms with E-state index in [1.807, 2.05) is 0 Å². The third-order valence-corrected chi connectivity index (χ3v) is 1.81. The minimum atomic E-state index is -0.536. The zero-order chi connectivity index (χ0) is 10.4. The average molecular weight is 252 g/mol. The quantitative estimate of drug-likeness (QED) is 0.451. The van der Waals surface area contributed by atoms with Crippen molar-refractivity contribution in [2.24, 2.45) is 0 Å². The monoisotopic (exact) mass is 251 g/mol. The summed E-state index contributed by atoms with van der Waals surface area (Å²) in [5, 5.41) is 9.29. The van der Waals surface area contributed by atoms with Crippen molar-refractivity contribution in [3.05, 3.63) is 11.8 Å². The first-order valence-electron chi connectivity index (χ1n) is 4.03. The Hall–Kier alpha value is -0.351. The van der Waals surface area contributed by atoms with Gasteiger partial charge in [-0.05, 0) is 13.8 Å². The van der Waals surface area contributed by atoms with Crippen molar-refractivity contribution < 1.29 is 36.4 Å². The Kier molecular flexibility index (Phi) is 9.20. The smallest absolute Gasteiger partial charge is 0.187 e. The molecule has 0 rings (SSSR count). The Morgan fingerprint density at radius 1 is 1.21 bits per heavy atom. The number of hydrogen-bond acceptors (Lipinski definition) is 4. The first-order valence-corrected chi connectivity index (χ1v) is 4.03. The van der Waals surface area contributed by atoms with Crippen LogP contribution in [0.2, 0.25) is 0 Å². The molecule has 2 atom stereocenters. The molecular weight excluding hydrogens is 236 g/mol. The van der Waals surface area contributed by atoms with Crippen LogP contribution in [-0.2, 0) is 31.3 Å². The number of hydrogen-bond donors (Lipinski definition) is 1. The molecule has 0 fully saturated rings. The van der Waals surface area contributed by atoms with Crippen molar-refractivity contribution >= 4 is 5.78 Å². The van der Waals surface area contributed by atoms with Gasteiger partial charge in [-0.1, -0.05) is 0 Å². The van der Waals surface area contributed by atoms with Gasteiger partial charge >= 0.3 is 0 Å². The molecular formula is C9H16CuO4. The van der Waals surface area contributed by atoms with Gasteiger partial charge in [-0.2, -0.15) is 0 Å². The van der Waals surface area contributed by atoms with Crippen LogP contribution in [0.3, 0.4) is 0 Å². The predicted octanol–water partition coefficient (Wildman–Crippen LogP) is 1.06. The van der Waals surface area contributed by atoms with E-state index in [9.17, 15) is 9.90 Å². The van der Waals surface area contributed by atoms with Crippen LogP contribution >= 0.6 is 0 Å². The molecule has 0 bridgehead atoms. The fourth-order valence-corrected chi connectivity index (χ4v) is 0.617. The number of carbonyl (C=O) groups excluding carboxylic acids is 1. The van der Waals surface area contributed by atoms with E-state index in [4.69, 9.17) is 9.47 Å². The Labute approximate surface area is 94.7 Å². The number of ketones is 1. The fourth-order valence-electron chi connectivity index (χ4n) is 0.617. The van der Waals surface area contributed by atoms with Crippen LogP contribution in [-0.4, -0.2) is 37.3 Å². The Balaban J connectivity index is 0. The first-order chi connectivity index (χ1) is 6.02. The molecule has 0 heterocycles. The van der Waals surface area contributed by atoms with Gasteiger partial charge in [0, 0.05) is 37.4 Å². The van der Waals surface area contributed by atoms with Crippen LogP contribution < -0.4 is 0 Å². The molecule has 0 aliphatic carbocycles. The zero-order valence-electron chi connectivity index (χ0n) is 8.71. The van der Waals surface area contributed by atoms with Crippen LogP contribution in [0.5, 0.6) is 0 Å². The van der Waals surface area contributed by atoms with Gasteiger partial charge in [0.05, 0.1) is 0 Å². The maximum Gasteiger partial charge on any atom is 0.187 e. The summed E-state index contributed by atoms with van der Waals surface area (Å²) in [5.41, 5.74) is 0. The molecule has 0 saturated heterocycles. The summed E-state index contributed by atoms with van der Waals surface area (Å²) in [4.78, 5) is 11.2. The zero-order valence-corrected chi connectivity index (χ0v) is 9.65. The van der Waals surface area contributed by atoms with Crippen LogP contribution in [0.1, 0.15) is 13.8 Å². The van der Waals surface area contributed by atoms with E-state index < -0.39 is 12.2 Å². The molecule has 1 radical (unpaired) electrons. The second-order valence-electron chi connectivity index (χ2n) is 2.73. The molecule has 0 spiro atoms. The SMILES string of the molecule is COC(C)C(=O)/C=C(\O)C(C)OC.[Cu]. The van der Waals surface area contributed by atoms with Crippen molar-refractivity contribution in [1.29, 1.82) is 0 Å². The molecule has 14 heavy (non-hydrogen) atoms. The number of aliphatic hydroxyl groups is 1. The topological polar surface area (TPSA) is 55.8 Å². The molecule has 0 saturated carbocycles. The summed E-state index contributed by atoms with van der Waals surface area (Å²) in [6.45, 7) is 3.26. The standard InChI is InChI=1S/C9H16O4.Cu/c1-6(12-3)8(10)5-9(11)7(2)13-4;/h5-7,10H,1-4H3;/b8-5-;. The number of aliphatic hydroxyl groups excluding tert-OH is 1. The van der Waals surface area contributed by atoms with Crippen LogP contribution in [0.15, 0.2) is 11.8 Å². The Morgan fingerprint density at radius 3 is 2.00 bits per heavy atom. The summed E-state index contributed by atoms with van der Waals surface area (Å²) in [6.07, 6.45) is 0.127. The molecule has 0 aliphatic rings. The minimum Gasteiger partial charge on any atom is -0.509 e. The molecule has 0 amide bonds. The van der Waals surface area contributed by atoms with Crippen LogP contribution in [0, 0.1) is 0 Å². The maximum absolute atomic E-state index is 11.2. The van der Waals surface area contributed by atoms with Gasteiger partial charge in [-0.15, -0.1) is 0 Å². The van der Waals surface area contributed by atoms with E-state index in [-0.39, 0.29) is 28.6 Å². The van der Waals surface area contributed by atoms with E-state index in [1.54, 1.807) is 13.8 Å². The van der Waals surface area contributed by atoms with Crippen molar-refractivity contribution in [1.82, 2.24) is 0 Å². The van der Waals surface area contributed by atoms with Crippen molar-refractivity contribution in [2.75, 3.05) is 14.2 Å². The van der Waals surface area contributed by atoms with E-state index in [2.05, 4.69) is 0 Å².